The number of amides is 1. The van der Waals surface area contributed by atoms with Gasteiger partial charge >= 0.3 is 0 Å². The standard InChI is InChI=1S/C23H29NO2/c1-7-8-18-15-19(11-14-21(18)26-6)22(25)24-16(2)17-9-12-20(13-10-17)23(3,4)5/h7,9-16H,1,8H2,2-6H3,(H,24,25). The van der Waals surface area contributed by atoms with Crippen LogP contribution in [0.3, 0.4) is 0 Å². The molecule has 138 valence electrons. The van der Waals surface area contributed by atoms with Crippen LogP contribution in [0.2, 0.25) is 0 Å². The van der Waals surface area contributed by atoms with Gasteiger partial charge in [-0.2, -0.15) is 0 Å². The van der Waals surface area contributed by atoms with E-state index in [1.807, 2.05) is 19.1 Å². The maximum absolute atomic E-state index is 12.6. The van der Waals surface area contributed by atoms with Crippen molar-refractivity contribution in [3.63, 3.8) is 0 Å². The van der Waals surface area contributed by atoms with E-state index >= 15 is 0 Å². The highest BCUT2D eigenvalue weighted by molar-refractivity contribution is 5.94. The zero-order valence-corrected chi connectivity index (χ0v) is 16.4. The minimum Gasteiger partial charge on any atom is -0.496 e. The van der Waals surface area contributed by atoms with Crippen molar-refractivity contribution >= 4 is 5.91 Å². The van der Waals surface area contributed by atoms with Crippen LogP contribution in [0.4, 0.5) is 0 Å². The molecule has 0 aromatic heterocycles. The van der Waals surface area contributed by atoms with E-state index in [2.05, 4.69) is 56.9 Å². The lowest BCUT2D eigenvalue weighted by molar-refractivity contribution is 0.0939. The molecule has 0 aliphatic carbocycles. The predicted octanol–water partition coefficient (Wildman–Crippen LogP) is 5.21. The topological polar surface area (TPSA) is 38.3 Å². The zero-order chi connectivity index (χ0) is 19.3. The number of carbonyl (C=O) groups is 1. The van der Waals surface area contributed by atoms with E-state index < -0.39 is 0 Å². The van der Waals surface area contributed by atoms with Crippen LogP contribution in [0.15, 0.2) is 55.1 Å². The third-order valence-electron chi connectivity index (χ3n) is 4.53. The first-order valence-electron chi connectivity index (χ1n) is 8.95. The largest absolute Gasteiger partial charge is 0.496 e. The number of rotatable bonds is 6. The second kappa shape index (κ2) is 8.22. The molecular formula is C23H29NO2. The molecule has 1 amide bonds. The van der Waals surface area contributed by atoms with E-state index in [0.717, 1.165) is 16.9 Å². The predicted molar refractivity (Wildman–Crippen MR) is 108 cm³/mol. The summed E-state index contributed by atoms with van der Waals surface area (Å²) in [5.41, 5.74) is 4.07. The Hall–Kier alpha value is -2.55. The SMILES string of the molecule is C=CCc1cc(C(=O)NC(C)c2ccc(C(C)(C)C)cc2)ccc1OC. The van der Waals surface area contributed by atoms with Crippen LogP contribution < -0.4 is 10.1 Å². The monoisotopic (exact) mass is 351 g/mol. The van der Waals surface area contributed by atoms with Gasteiger partial charge in [-0.25, -0.2) is 0 Å². The summed E-state index contributed by atoms with van der Waals surface area (Å²) >= 11 is 0. The Morgan fingerprint density at radius 3 is 2.38 bits per heavy atom. The molecule has 0 saturated heterocycles. The Balaban J connectivity index is 2.13. The van der Waals surface area contributed by atoms with Crippen molar-refractivity contribution in [2.45, 2.75) is 45.6 Å². The molecule has 1 N–H and O–H groups in total. The molecule has 0 spiro atoms. The van der Waals surface area contributed by atoms with Crippen molar-refractivity contribution in [3.8, 4) is 5.75 Å². The molecule has 0 radical (unpaired) electrons. The zero-order valence-electron chi connectivity index (χ0n) is 16.4. The summed E-state index contributed by atoms with van der Waals surface area (Å²) in [7, 11) is 1.63. The molecule has 0 saturated carbocycles. The number of carbonyl (C=O) groups excluding carboxylic acids is 1. The lowest BCUT2D eigenvalue weighted by atomic mass is 9.86. The smallest absolute Gasteiger partial charge is 0.251 e. The normalized spacial score (nSPS) is 12.3. The van der Waals surface area contributed by atoms with Crippen LogP contribution >= 0.6 is 0 Å². The highest BCUT2D eigenvalue weighted by Gasteiger charge is 2.16. The number of allylic oxidation sites excluding steroid dienone is 1. The van der Waals surface area contributed by atoms with Crippen LogP contribution in [0.25, 0.3) is 0 Å². The molecule has 0 heterocycles. The van der Waals surface area contributed by atoms with Gasteiger partial charge < -0.3 is 10.1 Å². The molecule has 2 aromatic carbocycles. The summed E-state index contributed by atoms with van der Waals surface area (Å²) < 4.78 is 5.34. The van der Waals surface area contributed by atoms with Crippen molar-refractivity contribution < 1.29 is 9.53 Å². The van der Waals surface area contributed by atoms with Crippen LogP contribution in [0.5, 0.6) is 5.75 Å². The Labute approximate surface area is 157 Å². The highest BCUT2D eigenvalue weighted by Crippen LogP contribution is 2.25. The summed E-state index contributed by atoms with van der Waals surface area (Å²) in [6.45, 7) is 12.3. The molecule has 1 atom stereocenters. The number of benzene rings is 2. The molecule has 1 unspecified atom stereocenters. The van der Waals surface area contributed by atoms with Gasteiger partial charge in [0.25, 0.3) is 5.91 Å². The number of nitrogens with one attached hydrogen (secondary N) is 1. The summed E-state index contributed by atoms with van der Waals surface area (Å²) in [6.07, 6.45) is 2.47. The van der Waals surface area contributed by atoms with Gasteiger partial charge in [0.05, 0.1) is 13.2 Å². The lowest BCUT2D eigenvalue weighted by Crippen LogP contribution is -2.26. The van der Waals surface area contributed by atoms with Gasteiger partial charge in [0.2, 0.25) is 0 Å². The molecule has 3 nitrogen and oxygen atoms in total. The molecule has 0 aliphatic heterocycles. The molecule has 26 heavy (non-hydrogen) atoms. The Morgan fingerprint density at radius 2 is 1.85 bits per heavy atom. The molecule has 3 heteroatoms. The number of hydrogen-bond donors (Lipinski definition) is 1. The number of hydrogen-bond acceptors (Lipinski definition) is 2. The van der Waals surface area contributed by atoms with Crippen molar-refractivity contribution in [3.05, 3.63) is 77.4 Å². The van der Waals surface area contributed by atoms with Gasteiger partial charge in [0.15, 0.2) is 0 Å². The van der Waals surface area contributed by atoms with Gasteiger partial charge in [-0.1, -0.05) is 51.1 Å². The van der Waals surface area contributed by atoms with Gasteiger partial charge in [-0.3, -0.25) is 4.79 Å². The van der Waals surface area contributed by atoms with Crippen molar-refractivity contribution in [2.24, 2.45) is 0 Å². The van der Waals surface area contributed by atoms with Gasteiger partial charge in [0.1, 0.15) is 5.75 Å². The summed E-state index contributed by atoms with van der Waals surface area (Å²) in [5, 5.41) is 3.07. The van der Waals surface area contributed by atoms with E-state index in [1.54, 1.807) is 19.3 Å². The van der Waals surface area contributed by atoms with E-state index in [0.29, 0.717) is 12.0 Å². The molecule has 0 aliphatic rings. The minimum absolute atomic E-state index is 0.0681. The quantitative estimate of drug-likeness (QED) is 0.725. The maximum Gasteiger partial charge on any atom is 0.251 e. The van der Waals surface area contributed by atoms with Crippen LogP contribution in [0.1, 0.15) is 60.8 Å². The Kier molecular flexibility index (Phi) is 6.25. The molecular weight excluding hydrogens is 322 g/mol. The fourth-order valence-corrected chi connectivity index (χ4v) is 2.87. The van der Waals surface area contributed by atoms with Crippen molar-refractivity contribution in [1.82, 2.24) is 5.32 Å². The van der Waals surface area contributed by atoms with Gasteiger partial charge in [-0.05, 0) is 53.6 Å². The summed E-state index contributed by atoms with van der Waals surface area (Å²) in [6, 6.07) is 13.9. The second-order valence-corrected chi connectivity index (χ2v) is 7.59. The second-order valence-electron chi connectivity index (χ2n) is 7.59. The minimum atomic E-state index is -0.0923. The summed E-state index contributed by atoms with van der Waals surface area (Å²) in [4.78, 5) is 12.6. The van der Waals surface area contributed by atoms with E-state index in [1.165, 1.54) is 5.56 Å². The average molecular weight is 351 g/mol. The summed E-state index contributed by atoms with van der Waals surface area (Å²) in [5.74, 6) is 0.678. The van der Waals surface area contributed by atoms with E-state index in [-0.39, 0.29) is 17.4 Å². The molecule has 0 fully saturated rings. The third-order valence-corrected chi connectivity index (χ3v) is 4.53. The van der Waals surface area contributed by atoms with Crippen LogP contribution in [0, 0.1) is 0 Å². The van der Waals surface area contributed by atoms with Gasteiger partial charge in [0, 0.05) is 5.56 Å². The fraction of sp³-hybridized carbons (Fsp3) is 0.348. The van der Waals surface area contributed by atoms with Crippen molar-refractivity contribution in [2.75, 3.05) is 7.11 Å². The highest BCUT2D eigenvalue weighted by atomic mass is 16.5. The molecule has 2 rings (SSSR count). The van der Waals surface area contributed by atoms with Gasteiger partial charge in [-0.15, -0.1) is 6.58 Å². The van der Waals surface area contributed by atoms with E-state index in [4.69, 9.17) is 4.74 Å². The Bertz CT molecular complexity index is 770. The fourth-order valence-electron chi connectivity index (χ4n) is 2.87. The maximum atomic E-state index is 12.6. The molecule has 2 aromatic rings. The van der Waals surface area contributed by atoms with E-state index in [9.17, 15) is 4.79 Å². The van der Waals surface area contributed by atoms with Crippen LogP contribution in [-0.4, -0.2) is 13.0 Å². The average Bonchev–Trinajstić information content (AvgIpc) is 2.61. The number of methoxy groups -OCH3 is 1. The third kappa shape index (κ3) is 4.75. The number of ether oxygens (including phenoxy) is 1. The first kappa shape index (κ1) is 19.8. The Morgan fingerprint density at radius 1 is 1.19 bits per heavy atom. The van der Waals surface area contributed by atoms with Crippen molar-refractivity contribution in [1.29, 1.82) is 0 Å². The van der Waals surface area contributed by atoms with Crippen LogP contribution in [-0.2, 0) is 11.8 Å². The lowest BCUT2D eigenvalue weighted by Gasteiger charge is -2.21. The first-order valence-corrected chi connectivity index (χ1v) is 8.95. The first-order chi connectivity index (χ1) is 12.3. The molecule has 0 bridgehead atoms.